The Morgan fingerprint density at radius 3 is 2.35 bits per heavy atom. The molecule has 2 aliphatic rings. The first-order valence-electron chi connectivity index (χ1n) is 10.8. The fraction of sp³-hybridized carbons (Fsp3) is 0.636. The van der Waals surface area contributed by atoms with Gasteiger partial charge in [0.1, 0.15) is 0 Å². The van der Waals surface area contributed by atoms with Crippen LogP contribution in [-0.2, 0) is 19.6 Å². The number of nitrogens with zero attached hydrogens (tertiary/aromatic N) is 2. The molecule has 31 heavy (non-hydrogen) atoms. The highest BCUT2D eigenvalue weighted by atomic mass is 35.5. The van der Waals surface area contributed by atoms with E-state index in [1.54, 1.807) is 31.0 Å². The zero-order valence-corrected chi connectivity index (χ0v) is 19.8. The molecule has 172 valence electrons. The van der Waals surface area contributed by atoms with Crippen LogP contribution in [0.3, 0.4) is 0 Å². The molecular weight excluding hydrogens is 440 g/mol. The Morgan fingerprint density at radius 2 is 1.84 bits per heavy atom. The maximum Gasteiger partial charge on any atom is 0.307 e. The number of likely N-dealkylation sites (tertiary alicyclic amines) is 1. The first-order valence-corrected chi connectivity index (χ1v) is 12.7. The zero-order valence-electron chi connectivity index (χ0n) is 18.2. The monoisotopic (exact) mass is 470 g/mol. The molecule has 1 amide bonds. The molecule has 0 aromatic heterocycles. The van der Waals surface area contributed by atoms with E-state index in [-0.39, 0.29) is 29.8 Å². The van der Waals surface area contributed by atoms with Gasteiger partial charge in [0.05, 0.1) is 23.1 Å². The second-order valence-electron chi connectivity index (χ2n) is 8.71. The smallest absolute Gasteiger partial charge is 0.307 e. The summed E-state index contributed by atoms with van der Waals surface area (Å²) in [5.74, 6) is -2.64. The largest absolute Gasteiger partial charge is 0.481 e. The maximum atomic E-state index is 13.6. The van der Waals surface area contributed by atoms with Gasteiger partial charge >= 0.3 is 5.97 Å². The summed E-state index contributed by atoms with van der Waals surface area (Å²) in [6.07, 6.45) is 3.01. The van der Waals surface area contributed by atoms with Crippen molar-refractivity contribution in [3.8, 4) is 0 Å². The standard InChI is InChI=1S/C22H31ClN2O5S/c1-4-17(13-24(3)31(29,30)18-9-10-18)25-20(15-5-7-16(23)8-6-15)12-11-19(21(25)26)14(2)22(27)28/h5-8,14,17-20H,4,9-13H2,1-3H3,(H,27,28). The van der Waals surface area contributed by atoms with E-state index >= 15 is 0 Å². The summed E-state index contributed by atoms with van der Waals surface area (Å²) in [7, 11) is -1.81. The predicted molar refractivity (Wildman–Crippen MR) is 119 cm³/mol. The molecule has 1 heterocycles. The number of sulfonamides is 1. The van der Waals surface area contributed by atoms with Crippen molar-refractivity contribution in [2.75, 3.05) is 13.6 Å². The second kappa shape index (κ2) is 9.46. The summed E-state index contributed by atoms with van der Waals surface area (Å²) >= 11 is 6.04. The van der Waals surface area contributed by atoms with E-state index in [2.05, 4.69) is 0 Å². The van der Waals surface area contributed by atoms with Gasteiger partial charge in [-0.2, -0.15) is 0 Å². The van der Waals surface area contributed by atoms with Gasteiger partial charge in [0.25, 0.3) is 0 Å². The van der Waals surface area contributed by atoms with Crippen molar-refractivity contribution in [1.82, 2.24) is 9.21 Å². The Labute approximate surface area is 189 Å². The van der Waals surface area contributed by atoms with Crippen LogP contribution in [0.2, 0.25) is 5.02 Å². The lowest BCUT2D eigenvalue weighted by molar-refractivity contribution is -0.156. The third kappa shape index (κ3) is 5.07. The highest BCUT2D eigenvalue weighted by Crippen LogP contribution is 2.40. The van der Waals surface area contributed by atoms with Crippen molar-refractivity contribution in [3.05, 3.63) is 34.9 Å². The van der Waals surface area contributed by atoms with Gasteiger partial charge < -0.3 is 10.0 Å². The Kier molecular flexibility index (Phi) is 7.33. The number of carbonyl (C=O) groups excluding carboxylic acids is 1. The van der Waals surface area contributed by atoms with E-state index in [0.29, 0.717) is 37.1 Å². The van der Waals surface area contributed by atoms with E-state index in [1.807, 2.05) is 19.1 Å². The molecule has 2 fully saturated rings. The third-order valence-electron chi connectivity index (χ3n) is 6.62. The SMILES string of the molecule is CCC(CN(C)S(=O)(=O)C1CC1)N1C(=O)C(C(C)C(=O)O)CCC1c1ccc(Cl)cc1. The van der Waals surface area contributed by atoms with E-state index in [0.717, 1.165) is 5.56 Å². The lowest BCUT2D eigenvalue weighted by Crippen LogP contribution is -2.54. The lowest BCUT2D eigenvalue weighted by atomic mass is 9.80. The molecule has 1 aromatic carbocycles. The predicted octanol–water partition coefficient (Wildman–Crippen LogP) is 3.54. The van der Waals surface area contributed by atoms with Crippen LogP contribution in [0.15, 0.2) is 24.3 Å². The fourth-order valence-electron chi connectivity index (χ4n) is 4.46. The summed E-state index contributed by atoms with van der Waals surface area (Å²) in [4.78, 5) is 26.9. The molecule has 1 N–H and O–H groups in total. The lowest BCUT2D eigenvalue weighted by Gasteiger charge is -2.45. The molecule has 1 saturated heterocycles. The van der Waals surface area contributed by atoms with Gasteiger partial charge in [-0.1, -0.05) is 37.6 Å². The van der Waals surface area contributed by atoms with Crippen LogP contribution in [0.1, 0.15) is 57.6 Å². The number of likely N-dealkylation sites (N-methyl/N-ethyl adjacent to an activating group) is 1. The van der Waals surface area contributed by atoms with Crippen LogP contribution in [0.25, 0.3) is 0 Å². The van der Waals surface area contributed by atoms with Crippen molar-refractivity contribution >= 4 is 33.5 Å². The Balaban J connectivity index is 1.93. The Morgan fingerprint density at radius 1 is 1.23 bits per heavy atom. The minimum Gasteiger partial charge on any atom is -0.481 e. The normalized spacial score (nSPS) is 24.3. The molecular formula is C22H31ClN2O5S. The number of hydrogen-bond donors (Lipinski definition) is 1. The average molecular weight is 471 g/mol. The van der Waals surface area contributed by atoms with Gasteiger partial charge in [-0.15, -0.1) is 0 Å². The van der Waals surface area contributed by atoms with E-state index in [4.69, 9.17) is 11.6 Å². The minimum atomic E-state index is -3.37. The number of piperidine rings is 1. The highest BCUT2D eigenvalue weighted by molar-refractivity contribution is 7.90. The molecule has 1 aliphatic heterocycles. The Hall–Kier alpha value is -1.64. The number of rotatable bonds is 9. The molecule has 1 saturated carbocycles. The quantitative estimate of drug-likeness (QED) is 0.595. The first-order chi connectivity index (χ1) is 14.6. The third-order valence-corrected chi connectivity index (χ3v) is 9.20. The van der Waals surface area contributed by atoms with Crippen LogP contribution in [-0.4, -0.2) is 59.5 Å². The number of aliphatic carboxylic acids is 1. The molecule has 1 aromatic rings. The van der Waals surface area contributed by atoms with Gasteiger partial charge in [-0.25, -0.2) is 12.7 Å². The second-order valence-corrected chi connectivity index (χ2v) is 11.5. The van der Waals surface area contributed by atoms with Crippen LogP contribution >= 0.6 is 11.6 Å². The molecule has 9 heteroatoms. The number of carbonyl (C=O) groups is 2. The highest BCUT2D eigenvalue weighted by Gasteiger charge is 2.45. The van der Waals surface area contributed by atoms with E-state index in [1.165, 1.54) is 4.31 Å². The summed E-state index contributed by atoms with van der Waals surface area (Å²) in [6.45, 7) is 3.69. The van der Waals surface area contributed by atoms with Gasteiger partial charge in [0.15, 0.2) is 0 Å². The number of carboxylic acid groups (broad SMARTS) is 1. The minimum absolute atomic E-state index is 0.194. The number of halogens is 1. The molecule has 4 atom stereocenters. The molecule has 4 unspecified atom stereocenters. The van der Waals surface area contributed by atoms with Crippen molar-refractivity contribution in [2.24, 2.45) is 11.8 Å². The topological polar surface area (TPSA) is 95.0 Å². The molecule has 0 spiro atoms. The van der Waals surface area contributed by atoms with Crippen molar-refractivity contribution < 1.29 is 23.1 Å². The number of hydrogen-bond acceptors (Lipinski definition) is 4. The van der Waals surface area contributed by atoms with Gasteiger partial charge in [-0.05, 0) is 49.8 Å². The summed E-state index contributed by atoms with van der Waals surface area (Å²) in [6, 6.07) is 6.71. The molecule has 0 radical (unpaired) electrons. The summed E-state index contributed by atoms with van der Waals surface area (Å²) in [5, 5.41) is 9.77. The van der Waals surface area contributed by atoms with Gasteiger partial charge in [0, 0.05) is 24.7 Å². The molecule has 7 nitrogen and oxygen atoms in total. The van der Waals surface area contributed by atoms with Gasteiger partial charge in [-0.3, -0.25) is 9.59 Å². The summed E-state index contributed by atoms with van der Waals surface area (Å²) in [5.41, 5.74) is 0.922. The molecule has 3 rings (SSSR count). The number of amides is 1. The van der Waals surface area contributed by atoms with Crippen molar-refractivity contribution in [1.29, 1.82) is 0 Å². The maximum absolute atomic E-state index is 13.6. The number of carboxylic acids is 1. The Bertz CT molecular complexity index is 916. The van der Waals surface area contributed by atoms with Crippen molar-refractivity contribution in [2.45, 2.75) is 63.3 Å². The van der Waals surface area contributed by atoms with E-state index < -0.39 is 27.8 Å². The van der Waals surface area contributed by atoms with Crippen LogP contribution in [0, 0.1) is 11.8 Å². The van der Waals surface area contributed by atoms with Crippen LogP contribution in [0.4, 0.5) is 0 Å². The van der Waals surface area contributed by atoms with Crippen LogP contribution in [0.5, 0.6) is 0 Å². The average Bonchev–Trinajstić information content (AvgIpc) is 3.58. The zero-order chi connectivity index (χ0) is 22.9. The summed E-state index contributed by atoms with van der Waals surface area (Å²) < 4.78 is 26.7. The van der Waals surface area contributed by atoms with E-state index in [9.17, 15) is 23.1 Å². The first kappa shape index (κ1) is 24.0. The van der Waals surface area contributed by atoms with Crippen LogP contribution < -0.4 is 0 Å². The molecule has 1 aliphatic carbocycles. The van der Waals surface area contributed by atoms with Gasteiger partial charge in [0.2, 0.25) is 15.9 Å². The molecule has 0 bridgehead atoms. The fourth-order valence-corrected chi connectivity index (χ4v) is 6.21. The van der Waals surface area contributed by atoms with Crippen molar-refractivity contribution in [3.63, 3.8) is 0 Å². The number of benzene rings is 1.